The van der Waals surface area contributed by atoms with Crippen LogP contribution in [0.2, 0.25) is 0 Å². The smallest absolute Gasteiger partial charge is 0.349 e. The SMILES string of the molecule is O=C(NC1CC=CC1)c1ccc(Br)c(C(F)(F)F)c1. The van der Waals surface area contributed by atoms with E-state index in [4.69, 9.17) is 0 Å². The third-order valence-corrected chi connectivity index (χ3v) is 3.57. The van der Waals surface area contributed by atoms with Gasteiger partial charge in [-0.1, -0.05) is 28.1 Å². The highest BCUT2D eigenvalue weighted by molar-refractivity contribution is 9.10. The summed E-state index contributed by atoms with van der Waals surface area (Å²) in [6.45, 7) is 0. The van der Waals surface area contributed by atoms with Gasteiger partial charge in [-0.2, -0.15) is 13.2 Å². The lowest BCUT2D eigenvalue weighted by molar-refractivity contribution is -0.138. The average molecular weight is 334 g/mol. The molecule has 19 heavy (non-hydrogen) atoms. The minimum Gasteiger partial charge on any atom is -0.349 e. The summed E-state index contributed by atoms with van der Waals surface area (Å²) in [7, 11) is 0. The number of halogens is 4. The van der Waals surface area contributed by atoms with E-state index in [0.717, 1.165) is 6.07 Å². The zero-order valence-electron chi connectivity index (χ0n) is 9.80. The minimum atomic E-state index is -4.48. The first-order valence-electron chi connectivity index (χ1n) is 5.70. The lowest BCUT2D eigenvalue weighted by Crippen LogP contribution is -2.33. The Balaban J connectivity index is 2.18. The van der Waals surface area contributed by atoms with E-state index >= 15 is 0 Å². The van der Waals surface area contributed by atoms with Crippen LogP contribution in [0.15, 0.2) is 34.8 Å². The number of alkyl halides is 3. The normalized spacial score (nSPS) is 15.8. The summed E-state index contributed by atoms with van der Waals surface area (Å²) < 4.78 is 38.1. The van der Waals surface area contributed by atoms with Gasteiger partial charge >= 0.3 is 6.18 Å². The van der Waals surface area contributed by atoms with E-state index in [1.54, 1.807) is 0 Å². The van der Waals surface area contributed by atoms with Crippen LogP contribution in [-0.4, -0.2) is 11.9 Å². The Morgan fingerprint density at radius 3 is 2.47 bits per heavy atom. The summed E-state index contributed by atoms with van der Waals surface area (Å²) in [5, 5.41) is 2.71. The second-order valence-electron chi connectivity index (χ2n) is 4.31. The first kappa shape index (κ1) is 14.1. The van der Waals surface area contributed by atoms with Gasteiger partial charge in [-0.3, -0.25) is 4.79 Å². The lowest BCUT2D eigenvalue weighted by Gasteiger charge is -2.14. The Morgan fingerprint density at radius 2 is 1.89 bits per heavy atom. The van der Waals surface area contributed by atoms with Gasteiger partial charge in [0.1, 0.15) is 0 Å². The summed E-state index contributed by atoms with van der Waals surface area (Å²) in [5.41, 5.74) is -0.827. The van der Waals surface area contributed by atoms with Crippen LogP contribution >= 0.6 is 15.9 Å². The number of hydrogen-bond acceptors (Lipinski definition) is 1. The van der Waals surface area contributed by atoms with Gasteiger partial charge in [0.05, 0.1) is 5.56 Å². The molecule has 0 bridgehead atoms. The van der Waals surface area contributed by atoms with Gasteiger partial charge < -0.3 is 5.32 Å². The Morgan fingerprint density at radius 1 is 1.26 bits per heavy atom. The molecule has 0 radical (unpaired) electrons. The molecule has 1 amide bonds. The van der Waals surface area contributed by atoms with Crippen molar-refractivity contribution in [1.82, 2.24) is 5.32 Å². The molecule has 6 heteroatoms. The van der Waals surface area contributed by atoms with E-state index in [1.807, 2.05) is 12.2 Å². The van der Waals surface area contributed by atoms with Crippen molar-refractivity contribution in [2.45, 2.75) is 25.1 Å². The molecule has 1 N–H and O–H groups in total. The van der Waals surface area contributed by atoms with Crippen LogP contribution in [0, 0.1) is 0 Å². The zero-order valence-corrected chi connectivity index (χ0v) is 11.4. The van der Waals surface area contributed by atoms with Gasteiger partial charge in [0.15, 0.2) is 0 Å². The third kappa shape index (κ3) is 3.37. The summed E-state index contributed by atoms with van der Waals surface area (Å²) in [6, 6.07) is 3.45. The zero-order chi connectivity index (χ0) is 14.0. The molecule has 0 spiro atoms. The topological polar surface area (TPSA) is 29.1 Å². The van der Waals surface area contributed by atoms with E-state index in [0.29, 0.717) is 12.8 Å². The summed E-state index contributed by atoms with van der Waals surface area (Å²) in [5.74, 6) is -0.480. The number of carbonyl (C=O) groups excluding carboxylic acids is 1. The predicted molar refractivity (Wildman–Crippen MR) is 68.8 cm³/mol. The van der Waals surface area contributed by atoms with Crippen molar-refractivity contribution >= 4 is 21.8 Å². The first-order chi connectivity index (χ1) is 8.88. The fourth-order valence-electron chi connectivity index (χ4n) is 1.89. The maximum Gasteiger partial charge on any atom is 0.417 e. The van der Waals surface area contributed by atoms with Crippen LogP contribution < -0.4 is 5.32 Å². The Kier molecular flexibility index (Phi) is 3.99. The summed E-state index contributed by atoms with van der Waals surface area (Å²) in [4.78, 5) is 11.9. The highest BCUT2D eigenvalue weighted by Crippen LogP contribution is 2.35. The van der Waals surface area contributed by atoms with E-state index < -0.39 is 17.6 Å². The van der Waals surface area contributed by atoms with Gasteiger partial charge in [-0.25, -0.2) is 0 Å². The largest absolute Gasteiger partial charge is 0.417 e. The molecule has 2 rings (SSSR count). The summed E-state index contributed by atoms with van der Waals surface area (Å²) in [6.07, 6.45) is 0.828. The number of hydrogen-bond donors (Lipinski definition) is 1. The number of amides is 1. The van der Waals surface area contributed by atoms with Gasteiger partial charge in [0.2, 0.25) is 0 Å². The van der Waals surface area contributed by atoms with Crippen molar-refractivity contribution in [2.24, 2.45) is 0 Å². The van der Waals surface area contributed by atoms with E-state index in [2.05, 4.69) is 21.2 Å². The van der Waals surface area contributed by atoms with Crippen molar-refractivity contribution in [2.75, 3.05) is 0 Å². The second-order valence-corrected chi connectivity index (χ2v) is 5.16. The number of benzene rings is 1. The fourth-order valence-corrected chi connectivity index (χ4v) is 2.36. The van der Waals surface area contributed by atoms with Crippen LogP contribution in [0.3, 0.4) is 0 Å². The maximum atomic E-state index is 12.7. The average Bonchev–Trinajstić information content (AvgIpc) is 2.80. The fraction of sp³-hybridized carbons (Fsp3) is 0.308. The summed E-state index contributed by atoms with van der Waals surface area (Å²) >= 11 is 2.84. The van der Waals surface area contributed by atoms with Crippen LogP contribution in [-0.2, 0) is 6.18 Å². The molecule has 0 atom stereocenters. The van der Waals surface area contributed by atoms with Gasteiger partial charge in [-0.05, 0) is 31.0 Å². The van der Waals surface area contributed by atoms with Crippen LogP contribution in [0.4, 0.5) is 13.2 Å². The molecule has 0 fully saturated rings. The molecule has 1 aromatic rings. The van der Waals surface area contributed by atoms with Crippen molar-refractivity contribution in [3.05, 3.63) is 46.0 Å². The standard InChI is InChI=1S/C13H11BrF3NO/c14-11-6-5-8(7-10(11)13(15,16)17)12(19)18-9-3-1-2-4-9/h1-2,5-7,9H,3-4H2,(H,18,19). The first-order valence-corrected chi connectivity index (χ1v) is 6.50. The molecule has 1 aliphatic carbocycles. The molecule has 0 heterocycles. The van der Waals surface area contributed by atoms with Gasteiger partial charge in [0.25, 0.3) is 5.91 Å². The highest BCUT2D eigenvalue weighted by atomic mass is 79.9. The van der Waals surface area contributed by atoms with Crippen LogP contribution in [0.5, 0.6) is 0 Å². The molecule has 0 saturated carbocycles. The number of nitrogens with one attached hydrogen (secondary N) is 1. The van der Waals surface area contributed by atoms with E-state index in [9.17, 15) is 18.0 Å². The Hall–Kier alpha value is -1.30. The van der Waals surface area contributed by atoms with Crippen LogP contribution in [0.25, 0.3) is 0 Å². The Bertz CT molecular complexity index is 517. The molecule has 0 saturated heterocycles. The molecule has 0 aromatic heterocycles. The predicted octanol–water partition coefficient (Wildman–Crippen LogP) is 3.92. The van der Waals surface area contributed by atoms with Crippen molar-refractivity contribution in [1.29, 1.82) is 0 Å². The maximum absolute atomic E-state index is 12.7. The monoisotopic (exact) mass is 333 g/mol. The number of carbonyl (C=O) groups is 1. The molecule has 102 valence electrons. The van der Waals surface area contributed by atoms with Gasteiger partial charge in [-0.15, -0.1) is 0 Å². The lowest BCUT2D eigenvalue weighted by atomic mass is 10.1. The van der Waals surface area contributed by atoms with Crippen molar-refractivity contribution < 1.29 is 18.0 Å². The van der Waals surface area contributed by atoms with Crippen LogP contribution in [0.1, 0.15) is 28.8 Å². The molecule has 2 nitrogen and oxygen atoms in total. The molecule has 0 aliphatic heterocycles. The number of rotatable bonds is 2. The molecule has 1 aromatic carbocycles. The van der Waals surface area contributed by atoms with E-state index in [1.165, 1.54) is 12.1 Å². The highest BCUT2D eigenvalue weighted by Gasteiger charge is 2.33. The van der Waals surface area contributed by atoms with Crippen molar-refractivity contribution in [3.63, 3.8) is 0 Å². The minimum absolute atomic E-state index is 0.0161. The van der Waals surface area contributed by atoms with E-state index in [-0.39, 0.29) is 16.1 Å². The Labute approximate surface area is 116 Å². The van der Waals surface area contributed by atoms with Gasteiger partial charge in [0, 0.05) is 16.1 Å². The van der Waals surface area contributed by atoms with Crippen molar-refractivity contribution in [3.8, 4) is 0 Å². The molecular weight excluding hydrogens is 323 g/mol. The molecule has 0 unspecified atom stereocenters. The molecule has 1 aliphatic rings. The second kappa shape index (κ2) is 5.36. The molecular formula is C13H11BrF3NO. The third-order valence-electron chi connectivity index (χ3n) is 2.88. The quantitative estimate of drug-likeness (QED) is 0.816.